The molecule has 1 aliphatic heterocycles. The monoisotopic (exact) mass is 422 g/mol. The van der Waals surface area contributed by atoms with Crippen molar-refractivity contribution in [3.8, 4) is 0 Å². The zero-order valence-corrected chi connectivity index (χ0v) is 16.3. The van der Waals surface area contributed by atoms with Gasteiger partial charge in [0.25, 0.3) is 11.5 Å². The van der Waals surface area contributed by atoms with Gasteiger partial charge >= 0.3 is 0 Å². The second-order valence-corrected chi connectivity index (χ2v) is 7.27. The largest absolute Gasteiger partial charge is 0.467 e. The van der Waals surface area contributed by atoms with Crippen LogP contribution < -0.4 is 5.56 Å². The lowest BCUT2D eigenvalue weighted by Gasteiger charge is -2.20. The Hall–Kier alpha value is -3.65. The normalized spacial score (nSPS) is 16.2. The number of benzene rings is 1. The van der Waals surface area contributed by atoms with Gasteiger partial charge in [0.1, 0.15) is 29.8 Å². The zero-order chi connectivity index (χ0) is 20.7. The Morgan fingerprint density at radius 3 is 2.77 bits per heavy atom. The van der Waals surface area contributed by atoms with E-state index in [0.29, 0.717) is 39.6 Å². The fourth-order valence-corrected chi connectivity index (χ4v) is 3.67. The molecular weight excluding hydrogens is 408 g/mol. The summed E-state index contributed by atoms with van der Waals surface area (Å²) < 4.78 is 12.2. The Morgan fingerprint density at radius 2 is 2.00 bits per heavy atom. The molecule has 0 radical (unpaired) electrons. The molecular formula is C21H15ClN4O4. The number of hydrazone groups is 1. The van der Waals surface area contributed by atoms with E-state index in [-0.39, 0.29) is 18.0 Å². The minimum absolute atomic E-state index is 0.222. The second kappa shape index (κ2) is 7.31. The molecule has 1 aliphatic rings. The van der Waals surface area contributed by atoms with Gasteiger partial charge in [-0.25, -0.2) is 9.99 Å². The maximum Gasteiger partial charge on any atom is 0.263 e. The molecule has 1 amide bonds. The number of halogens is 1. The van der Waals surface area contributed by atoms with E-state index in [2.05, 4.69) is 10.1 Å². The zero-order valence-electron chi connectivity index (χ0n) is 15.6. The van der Waals surface area contributed by atoms with Crippen LogP contribution in [-0.4, -0.2) is 26.2 Å². The molecule has 0 spiro atoms. The van der Waals surface area contributed by atoms with Gasteiger partial charge in [-0.2, -0.15) is 5.10 Å². The van der Waals surface area contributed by atoms with Crippen LogP contribution in [0.3, 0.4) is 0 Å². The minimum atomic E-state index is -0.425. The standard InChI is InChI=1S/C21H15ClN4O4/c22-13-5-6-15-14(9-13)21(28)25(12-23-15)11-20(27)26-17(19-4-2-8-30-19)10-16(24-26)18-3-1-7-29-18/h1-9,12,17H,10-11H2. The quantitative estimate of drug-likeness (QED) is 0.500. The van der Waals surface area contributed by atoms with Crippen molar-refractivity contribution in [3.63, 3.8) is 0 Å². The predicted octanol–water partition coefficient (Wildman–Crippen LogP) is 3.61. The average molecular weight is 423 g/mol. The molecule has 9 heteroatoms. The molecule has 0 saturated carbocycles. The number of carbonyl (C=O) groups excluding carboxylic acids is 1. The van der Waals surface area contributed by atoms with E-state index < -0.39 is 6.04 Å². The number of aromatic nitrogens is 2. The third kappa shape index (κ3) is 3.21. The molecule has 0 fully saturated rings. The van der Waals surface area contributed by atoms with Gasteiger partial charge in [-0.3, -0.25) is 14.2 Å². The second-order valence-electron chi connectivity index (χ2n) is 6.84. The molecule has 0 saturated heterocycles. The van der Waals surface area contributed by atoms with E-state index in [1.165, 1.54) is 15.9 Å². The number of carbonyl (C=O) groups is 1. The average Bonchev–Trinajstić information content (AvgIpc) is 3.50. The molecule has 30 heavy (non-hydrogen) atoms. The summed E-state index contributed by atoms with van der Waals surface area (Å²) >= 11 is 6.01. The fourth-order valence-electron chi connectivity index (χ4n) is 3.50. The number of nitrogens with zero attached hydrogens (tertiary/aromatic N) is 4. The Bertz CT molecular complexity index is 1310. The third-order valence-corrected chi connectivity index (χ3v) is 5.17. The lowest BCUT2D eigenvalue weighted by Crippen LogP contribution is -2.34. The smallest absolute Gasteiger partial charge is 0.263 e. The van der Waals surface area contributed by atoms with E-state index >= 15 is 0 Å². The Labute approximate surface area is 175 Å². The minimum Gasteiger partial charge on any atom is -0.467 e. The van der Waals surface area contributed by atoms with E-state index in [4.69, 9.17) is 20.4 Å². The first kappa shape index (κ1) is 18.4. The first-order valence-corrected chi connectivity index (χ1v) is 9.59. The van der Waals surface area contributed by atoms with Gasteiger partial charge in [0.2, 0.25) is 0 Å². The number of fused-ring (bicyclic) bond motifs is 1. The SMILES string of the molecule is O=C(Cn1cnc2ccc(Cl)cc2c1=O)N1N=C(c2ccco2)CC1c1ccco1. The summed E-state index contributed by atoms with van der Waals surface area (Å²) in [4.78, 5) is 30.2. The highest BCUT2D eigenvalue weighted by atomic mass is 35.5. The molecule has 3 aromatic heterocycles. The molecule has 5 rings (SSSR count). The van der Waals surface area contributed by atoms with Gasteiger partial charge in [-0.15, -0.1) is 0 Å². The predicted molar refractivity (Wildman–Crippen MR) is 109 cm³/mol. The van der Waals surface area contributed by atoms with E-state index in [9.17, 15) is 9.59 Å². The highest BCUT2D eigenvalue weighted by Crippen LogP contribution is 2.33. The molecule has 1 unspecified atom stereocenters. The summed E-state index contributed by atoms with van der Waals surface area (Å²) in [5, 5.41) is 6.57. The van der Waals surface area contributed by atoms with Crippen LogP contribution in [0.5, 0.6) is 0 Å². The van der Waals surface area contributed by atoms with Crippen LogP contribution in [0.4, 0.5) is 0 Å². The van der Waals surface area contributed by atoms with E-state index in [1.54, 1.807) is 55.0 Å². The van der Waals surface area contributed by atoms with E-state index in [1.807, 2.05) is 0 Å². The van der Waals surface area contributed by atoms with Crippen LogP contribution in [0.25, 0.3) is 10.9 Å². The van der Waals surface area contributed by atoms with Crippen LogP contribution in [-0.2, 0) is 11.3 Å². The number of furan rings is 2. The molecule has 0 bridgehead atoms. The van der Waals surface area contributed by atoms with Crippen molar-refractivity contribution in [1.82, 2.24) is 14.6 Å². The maximum atomic E-state index is 13.1. The van der Waals surface area contributed by atoms with Crippen LogP contribution >= 0.6 is 11.6 Å². The molecule has 1 aromatic carbocycles. The van der Waals surface area contributed by atoms with Gasteiger partial charge in [0.05, 0.1) is 29.8 Å². The molecule has 8 nitrogen and oxygen atoms in total. The molecule has 4 aromatic rings. The van der Waals surface area contributed by atoms with Crippen molar-refractivity contribution in [2.75, 3.05) is 0 Å². The summed E-state index contributed by atoms with van der Waals surface area (Å²) in [6, 6.07) is 11.5. The third-order valence-electron chi connectivity index (χ3n) is 4.93. The number of amides is 1. The first-order chi connectivity index (χ1) is 14.6. The summed E-state index contributed by atoms with van der Waals surface area (Å²) in [5.41, 5.74) is 0.797. The molecule has 1 atom stereocenters. The van der Waals surface area contributed by atoms with Gasteiger partial charge < -0.3 is 8.83 Å². The van der Waals surface area contributed by atoms with Crippen molar-refractivity contribution in [3.05, 3.63) is 88.2 Å². The molecule has 150 valence electrons. The van der Waals surface area contributed by atoms with Gasteiger partial charge in [0.15, 0.2) is 0 Å². The van der Waals surface area contributed by atoms with Gasteiger partial charge in [-0.05, 0) is 42.5 Å². The van der Waals surface area contributed by atoms with Crippen LogP contribution in [0.1, 0.15) is 24.0 Å². The van der Waals surface area contributed by atoms with Crippen molar-refractivity contribution >= 4 is 34.1 Å². The highest BCUT2D eigenvalue weighted by molar-refractivity contribution is 6.31. The topological polar surface area (TPSA) is 93.8 Å². The Morgan fingerprint density at radius 1 is 1.17 bits per heavy atom. The summed E-state index contributed by atoms with van der Waals surface area (Å²) in [6.45, 7) is -0.222. The summed E-state index contributed by atoms with van der Waals surface area (Å²) in [5.74, 6) is 0.814. The van der Waals surface area contributed by atoms with Crippen molar-refractivity contribution in [2.45, 2.75) is 19.0 Å². The number of hydrogen-bond acceptors (Lipinski definition) is 6. The first-order valence-electron chi connectivity index (χ1n) is 9.21. The molecule has 0 N–H and O–H groups in total. The van der Waals surface area contributed by atoms with Gasteiger partial charge in [0, 0.05) is 11.4 Å². The summed E-state index contributed by atoms with van der Waals surface area (Å²) in [7, 11) is 0. The Kier molecular flexibility index (Phi) is 4.48. The van der Waals surface area contributed by atoms with Crippen LogP contribution in [0.2, 0.25) is 5.02 Å². The van der Waals surface area contributed by atoms with Crippen LogP contribution in [0.15, 0.2) is 80.0 Å². The van der Waals surface area contributed by atoms with Crippen molar-refractivity contribution in [2.24, 2.45) is 5.10 Å². The van der Waals surface area contributed by atoms with E-state index in [0.717, 1.165) is 0 Å². The fraction of sp³-hybridized carbons (Fsp3) is 0.143. The number of rotatable bonds is 4. The van der Waals surface area contributed by atoms with Gasteiger partial charge in [-0.1, -0.05) is 11.6 Å². The number of hydrogen-bond donors (Lipinski definition) is 0. The van der Waals surface area contributed by atoms with Crippen molar-refractivity contribution < 1.29 is 13.6 Å². The Balaban J connectivity index is 1.48. The lowest BCUT2D eigenvalue weighted by molar-refractivity contribution is -0.134. The molecule has 4 heterocycles. The summed E-state index contributed by atoms with van der Waals surface area (Å²) in [6.07, 6.45) is 4.89. The van der Waals surface area contributed by atoms with Crippen molar-refractivity contribution in [1.29, 1.82) is 0 Å². The van der Waals surface area contributed by atoms with Crippen LogP contribution in [0, 0.1) is 0 Å². The maximum absolute atomic E-state index is 13.1. The highest BCUT2D eigenvalue weighted by Gasteiger charge is 2.35. The molecule has 0 aliphatic carbocycles. The lowest BCUT2D eigenvalue weighted by atomic mass is 10.1.